The molecule has 3 aliphatic rings. The number of amides is 1. The number of aliphatic hydroxyl groups is 1. The zero-order valence-electron chi connectivity index (χ0n) is 13.5. The molecule has 1 aromatic heterocycles. The molecule has 25 heavy (non-hydrogen) atoms. The molecule has 0 saturated carbocycles. The Morgan fingerprint density at radius 3 is 2.84 bits per heavy atom. The van der Waals surface area contributed by atoms with E-state index in [2.05, 4.69) is 10.1 Å². The Bertz CT molecular complexity index is 802. The van der Waals surface area contributed by atoms with Crippen molar-refractivity contribution in [3.63, 3.8) is 0 Å². The van der Waals surface area contributed by atoms with Crippen molar-refractivity contribution in [3.8, 4) is 0 Å². The van der Waals surface area contributed by atoms with Gasteiger partial charge in [-0.05, 0) is 25.5 Å². The van der Waals surface area contributed by atoms with Crippen molar-refractivity contribution in [2.45, 2.75) is 38.0 Å². The smallest absolute Gasteiger partial charge is 0.352 e. The molecular formula is C17H17N3O5. The van der Waals surface area contributed by atoms with Gasteiger partial charge in [-0.1, -0.05) is 11.2 Å². The van der Waals surface area contributed by atoms with E-state index in [9.17, 15) is 19.8 Å². The zero-order valence-corrected chi connectivity index (χ0v) is 13.5. The number of hydrogen-bond acceptors (Lipinski definition) is 6. The summed E-state index contributed by atoms with van der Waals surface area (Å²) in [4.78, 5) is 34.9. The summed E-state index contributed by atoms with van der Waals surface area (Å²) in [6, 6.07) is 5.13. The minimum atomic E-state index is -1.16. The van der Waals surface area contributed by atoms with Crippen molar-refractivity contribution in [1.82, 2.24) is 9.88 Å². The standard InChI is InChI=1S/C17H17N3O5/c1-8(21)14-12-6-9(15(17(23)24)20(12)16(14)22)13-7-11(19-25-13)10-4-2-3-5-18-10/h2-5,8,12-14,21H,6-7H2,1H3,(H,23,24)/t8-,12-,13-,14-/m1/s1. The predicted octanol–water partition coefficient (Wildman–Crippen LogP) is 0.525. The third-order valence-electron chi connectivity index (χ3n) is 4.98. The Kier molecular flexibility index (Phi) is 3.57. The van der Waals surface area contributed by atoms with E-state index >= 15 is 0 Å². The molecule has 4 rings (SSSR count). The molecule has 1 saturated heterocycles. The second kappa shape index (κ2) is 5.66. The van der Waals surface area contributed by atoms with Crippen LogP contribution in [0.5, 0.6) is 0 Å². The van der Waals surface area contributed by atoms with Gasteiger partial charge in [0.25, 0.3) is 0 Å². The molecule has 0 spiro atoms. The number of aliphatic carboxylic acids is 1. The van der Waals surface area contributed by atoms with Crippen LogP contribution in [0.1, 0.15) is 25.5 Å². The van der Waals surface area contributed by atoms with Gasteiger partial charge >= 0.3 is 5.97 Å². The third kappa shape index (κ3) is 2.32. The predicted molar refractivity (Wildman–Crippen MR) is 85.3 cm³/mol. The fourth-order valence-corrected chi connectivity index (χ4v) is 3.84. The monoisotopic (exact) mass is 343 g/mol. The van der Waals surface area contributed by atoms with Crippen molar-refractivity contribution in [1.29, 1.82) is 0 Å². The van der Waals surface area contributed by atoms with Gasteiger partial charge in [0.2, 0.25) is 5.91 Å². The van der Waals surface area contributed by atoms with Crippen LogP contribution in [0.25, 0.3) is 0 Å². The number of aromatic nitrogens is 1. The number of nitrogens with zero attached hydrogens (tertiary/aromatic N) is 3. The maximum absolute atomic E-state index is 12.2. The molecular weight excluding hydrogens is 326 g/mol. The second-order valence-corrected chi connectivity index (χ2v) is 6.48. The summed E-state index contributed by atoms with van der Waals surface area (Å²) in [6.45, 7) is 1.55. The Balaban J connectivity index is 1.59. The van der Waals surface area contributed by atoms with Gasteiger partial charge in [-0.3, -0.25) is 9.78 Å². The highest BCUT2D eigenvalue weighted by molar-refractivity contribution is 6.02. The van der Waals surface area contributed by atoms with Gasteiger partial charge < -0.3 is 20.0 Å². The molecule has 4 atom stereocenters. The zero-order chi connectivity index (χ0) is 17.7. The van der Waals surface area contributed by atoms with Crippen LogP contribution in [-0.2, 0) is 14.4 Å². The van der Waals surface area contributed by atoms with E-state index in [1.54, 1.807) is 19.2 Å². The Morgan fingerprint density at radius 1 is 1.40 bits per heavy atom. The lowest BCUT2D eigenvalue weighted by molar-refractivity contribution is -0.161. The quantitative estimate of drug-likeness (QED) is 0.771. The fraction of sp³-hybridized carbons (Fsp3) is 0.412. The number of fused-ring (bicyclic) bond motifs is 1. The molecule has 0 unspecified atom stereocenters. The molecule has 1 fully saturated rings. The first-order valence-corrected chi connectivity index (χ1v) is 8.10. The van der Waals surface area contributed by atoms with E-state index < -0.39 is 24.1 Å². The lowest BCUT2D eigenvalue weighted by Crippen LogP contribution is -2.61. The van der Waals surface area contributed by atoms with Gasteiger partial charge in [-0.2, -0.15) is 0 Å². The van der Waals surface area contributed by atoms with Gasteiger partial charge in [-0.25, -0.2) is 4.79 Å². The summed E-state index contributed by atoms with van der Waals surface area (Å²) in [5.41, 5.74) is 1.84. The first-order chi connectivity index (χ1) is 12.0. The largest absolute Gasteiger partial charge is 0.477 e. The summed E-state index contributed by atoms with van der Waals surface area (Å²) >= 11 is 0. The highest BCUT2D eigenvalue weighted by Crippen LogP contribution is 2.46. The second-order valence-electron chi connectivity index (χ2n) is 6.48. The summed E-state index contributed by atoms with van der Waals surface area (Å²) in [5, 5.41) is 23.4. The Labute approximate surface area is 143 Å². The number of rotatable bonds is 4. The van der Waals surface area contributed by atoms with Crippen molar-refractivity contribution in [2.24, 2.45) is 11.1 Å². The first kappa shape index (κ1) is 15.8. The van der Waals surface area contributed by atoms with Crippen LogP contribution >= 0.6 is 0 Å². The summed E-state index contributed by atoms with van der Waals surface area (Å²) in [6.07, 6.45) is 1.08. The van der Waals surface area contributed by atoms with Crippen LogP contribution in [-0.4, -0.2) is 55.9 Å². The van der Waals surface area contributed by atoms with Gasteiger partial charge in [0.15, 0.2) is 6.10 Å². The lowest BCUT2D eigenvalue weighted by atomic mass is 9.82. The number of carboxylic acid groups (broad SMARTS) is 1. The van der Waals surface area contributed by atoms with Gasteiger partial charge in [0, 0.05) is 18.2 Å². The molecule has 8 nitrogen and oxygen atoms in total. The van der Waals surface area contributed by atoms with E-state index in [1.165, 1.54) is 4.90 Å². The maximum atomic E-state index is 12.2. The van der Waals surface area contributed by atoms with Crippen LogP contribution in [0.4, 0.5) is 0 Å². The maximum Gasteiger partial charge on any atom is 0.352 e. The van der Waals surface area contributed by atoms with E-state index in [0.29, 0.717) is 29.8 Å². The SMILES string of the molecule is C[C@@H](O)[C@H]1C(=O)N2C(C(=O)O)=C([C@H]3CC(c4ccccn4)=NO3)C[C@H]12. The number of carbonyl (C=O) groups excluding carboxylic acids is 1. The van der Waals surface area contributed by atoms with Crippen LogP contribution < -0.4 is 0 Å². The summed E-state index contributed by atoms with van der Waals surface area (Å²) < 4.78 is 0. The van der Waals surface area contributed by atoms with Crippen molar-refractivity contribution in [2.75, 3.05) is 0 Å². The number of oxime groups is 1. The molecule has 3 aliphatic heterocycles. The summed E-state index contributed by atoms with van der Waals surface area (Å²) in [5.74, 6) is -2.08. The molecule has 0 bridgehead atoms. The topological polar surface area (TPSA) is 112 Å². The summed E-state index contributed by atoms with van der Waals surface area (Å²) in [7, 11) is 0. The van der Waals surface area contributed by atoms with E-state index in [4.69, 9.17) is 4.84 Å². The Morgan fingerprint density at radius 2 is 2.20 bits per heavy atom. The number of pyridine rings is 1. The number of β-lactam (4-membered cyclic amide) rings is 1. The van der Waals surface area contributed by atoms with E-state index in [1.807, 2.05) is 12.1 Å². The van der Waals surface area contributed by atoms with Gasteiger partial charge in [0.05, 0.1) is 23.8 Å². The lowest BCUT2D eigenvalue weighted by Gasteiger charge is -2.44. The molecule has 0 aromatic carbocycles. The molecule has 1 aromatic rings. The highest BCUT2D eigenvalue weighted by atomic mass is 16.6. The van der Waals surface area contributed by atoms with E-state index in [0.717, 1.165) is 0 Å². The number of carboxylic acids is 1. The highest BCUT2D eigenvalue weighted by Gasteiger charge is 2.58. The van der Waals surface area contributed by atoms with Crippen LogP contribution in [0.3, 0.4) is 0 Å². The molecule has 130 valence electrons. The Hall–Kier alpha value is -2.74. The first-order valence-electron chi connectivity index (χ1n) is 8.10. The normalized spacial score (nSPS) is 29.0. The van der Waals surface area contributed by atoms with Crippen LogP contribution in [0.2, 0.25) is 0 Å². The van der Waals surface area contributed by atoms with Gasteiger partial charge in [0.1, 0.15) is 11.4 Å². The van der Waals surface area contributed by atoms with E-state index in [-0.39, 0.29) is 17.6 Å². The minimum Gasteiger partial charge on any atom is -0.477 e. The molecule has 0 radical (unpaired) electrons. The number of aliphatic hydroxyl groups excluding tert-OH is 1. The van der Waals surface area contributed by atoms with Crippen molar-refractivity contribution < 1.29 is 24.6 Å². The number of carbonyl (C=O) groups is 2. The minimum absolute atomic E-state index is 0.0330. The van der Waals surface area contributed by atoms with Crippen LogP contribution in [0, 0.1) is 5.92 Å². The molecule has 4 heterocycles. The van der Waals surface area contributed by atoms with Crippen molar-refractivity contribution in [3.05, 3.63) is 41.4 Å². The molecule has 1 amide bonds. The molecule has 2 N–H and O–H groups in total. The average molecular weight is 343 g/mol. The third-order valence-corrected chi connectivity index (χ3v) is 4.98. The van der Waals surface area contributed by atoms with Crippen molar-refractivity contribution >= 4 is 17.6 Å². The fourth-order valence-electron chi connectivity index (χ4n) is 3.84. The number of hydrogen-bond donors (Lipinski definition) is 2. The molecule has 0 aliphatic carbocycles. The average Bonchev–Trinajstić information content (AvgIpc) is 3.17. The van der Waals surface area contributed by atoms with Gasteiger partial charge in [-0.15, -0.1) is 0 Å². The van der Waals surface area contributed by atoms with Crippen LogP contribution in [0.15, 0.2) is 40.8 Å². The molecule has 8 heteroatoms.